The van der Waals surface area contributed by atoms with Crippen molar-refractivity contribution in [2.24, 2.45) is 0 Å². The highest BCUT2D eigenvalue weighted by Crippen LogP contribution is 2.29. The Kier molecular flexibility index (Phi) is 3.36. The zero-order valence-electron chi connectivity index (χ0n) is 14.3. The summed E-state index contributed by atoms with van der Waals surface area (Å²) in [6, 6.07) is 16.5. The molecule has 0 fully saturated rings. The van der Waals surface area contributed by atoms with Crippen LogP contribution in [0.2, 0.25) is 0 Å². The van der Waals surface area contributed by atoms with Gasteiger partial charge in [-0.1, -0.05) is 23.8 Å². The Hall–Kier alpha value is -3.38. The second-order valence-electron chi connectivity index (χ2n) is 6.48. The second kappa shape index (κ2) is 5.86. The quantitative estimate of drug-likeness (QED) is 0.451. The third-order valence-corrected chi connectivity index (χ3v) is 4.55. The van der Waals surface area contributed by atoms with Crippen molar-refractivity contribution in [3.05, 3.63) is 65.9 Å². The highest BCUT2D eigenvalue weighted by atomic mass is 15.4. The van der Waals surface area contributed by atoms with Crippen LogP contribution in [0.4, 0.5) is 17.2 Å². The van der Waals surface area contributed by atoms with Gasteiger partial charge in [0.1, 0.15) is 5.52 Å². The van der Waals surface area contributed by atoms with Crippen molar-refractivity contribution in [2.75, 3.05) is 10.7 Å². The van der Waals surface area contributed by atoms with Crippen molar-refractivity contribution in [3.8, 4) is 11.4 Å². The van der Waals surface area contributed by atoms with E-state index in [1.54, 1.807) is 0 Å². The summed E-state index contributed by atoms with van der Waals surface area (Å²) in [7, 11) is 0. The number of hydrogen-bond donors (Lipinski definition) is 4. The Bertz CT molecular complexity index is 1110. The third-order valence-electron chi connectivity index (χ3n) is 4.55. The average molecular weight is 342 g/mol. The fraction of sp³-hybridized carbons (Fsp3) is 0.100. The maximum Gasteiger partial charge on any atom is 0.162 e. The van der Waals surface area contributed by atoms with Gasteiger partial charge in [0, 0.05) is 24.0 Å². The number of fused-ring (bicyclic) bond motifs is 2. The molecule has 4 aromatic rings. The van der Waals surface area contributed by atoms with E-state index in [2.05, 4.69) is 52.3 Å². The molecule has 4 N–H and O–H groups in total. The fourth-order valence-electron chi connectivity index (χ4n) is 3.26. The zero-order chi connectivity index (χ0) is 17.5. The maximum atomic E-state index is 4.79. The molecule has 6 heteroatoms. The molecule has 5 rings (SSSR count). The van der Waals surface area contributed by atoms with Crippen LogP contribution in [0.5, 0.6) is 0 Å². The molecule has 0 bridgehead atoms. The number of hydrazine groups is 1. The van der Waals surface area contributed by atoms with E-state index in [1.807, 2.05) is 30.5 Å². The molecular weight excluding hydrogens is 324 g/mol. The Morgan fingerprint density at radius 2 is 2.00 bits per heavy atom. The number of H-pyrrole nitrogens is 1. The van der Waals surface area contributed by atoms with Crippen molar-refractivity contribution >= 4 is 28.2 Å². The van der Waals surface area contributed by atoms with Gasteiger partial charge in [-0.05, 0) is 42.8 Å². The number of anilines is 3. The number of aryl methyl sites for hydroxylation is 1. The van der Waals surface area contributed by atoms with Crippen molar-refractivity contribution in [3.63, 3.8) is 0 Å². The van der Waals surface area contributed by atoms with Crippen molar-refractivity contribution < 1.29 is 0 Å². The number of hydrogen-bond acceptors (Lipinski definition) is 5. The summed E-state index contributed by atoms with van der Waals surface area (Å²) in [5.74, 6) is 1.49. The SMILES string of the molecule is Cc1cccc(-c2nc(Nc3ccc4c(c3)CNN4)c3[nH]ccc3n2)c1. The highest BCUT2D eigenvalue weighted by molar-refractivity contribution is 5.89. The van der Waals surface area contributed by atoms with E-state index < -0.39 is 0 Å². The Balaban J connectivity index is 1.59. The van der Waals surface area contributed by atoms with Gasteiger partial charge in [-0.15, -0.1) is 0 Å². The predicted molar refractivity (Wildman–Crippen MR) is 104 cm³/mol. The van der Waals surface area contributed by atoms with Crippen molar-refractivity contribution in [1.82, 2.24) is 20.4 Å². The molecule has 0 saturated carbocycles. The summed E-state index contributed by atoms with van der Waals surface area (Å²) in [4.78, 5) is 12.7. The van der Waals surface area contributed by atoms with Crippen LogP contribution in [0.1, 0.15) is 11.1 Å². The minimum absolute atomic E-state index is 0.716. The van der Waals surface area contributed by atoms with Crippen LogP contribution < -0.4 is 16.2 Å². The predicted octanol–water partition coefficient (Wildman–Crippen LogP) is 4.11. The van der Waals surface area contributed by atoms with E-state index in [-0.39, 0.29) is 0 Å². The van der Waals surface area contributed by atoms with E-state index in [0.717, 1.165) is 40.3 Å². The van der Waals surface area contributed by atoms with Crippen LogP contribution in [-0.4, -0.2) is 15.0 Å². The van der Waals surface area contributed by atoms with Gasteiger partial charge in [-0.2, -0.15) is 0 Å². The van der Waals surface area contributed by atoms with Gasteiger partial charge in [-0.3, -0.25) is 0 Å². The summed E-state index contributed by atoms with van der Waals surface area (Å²) < 4.78 is 0. The van der Waals surface area contributed by atoms with Crippen molar-refractivity contribution in [2.45, 2.75) is 13.5 Å². The number of rotatable bonds is 3. The largest absolute Gasteiger partial charge is 0.357 e. The summed E-state index contributed by atoms with van der Waals surface area (Å²) in [5.41, 5.74) is 13.6. The number of nitrogens with zero attached hydrogens (tertiary/aromatic N) is 2. The normalized spacial score (nSPS) is 12.8. The molecule has 2 aromatic carbocycles. The molecule has 1 aliphatic rings. The van der Waals surface area contributed by atoms with Crippen LogP contribution in [0, 0.1) is 6.92 Å². The van der Waals surface area contributed by atoms with Gasteiger partial charge in [0.2, 0.25) is 0 Å². The molecule has 0 atom stereocenters. The van der Waals surface area contributed by atoms with E-state index >= 15 is 0 Å². The summed E-state index contributed by atoms with van der Waals surface area (Å²) in [6.07, 6.45) is 1.89. The van der Waals surface area contributed by atoms with Crippen LogP contribution in [0.3, 0.4) is 0 Å². The van der Waals surface area contributed by atoms with Gasteiger partial charge in [-0.25, -0.2) is 15.4 Å². The van der Waals surface area contributed by atoms with Crippen LogP contribution in [0.25, 0.3) is 22.4 Å². The molecule has 2 aromatic heterocycles. The molecule has 0 saturated heterocycles. The molecule has 0 radical (unpaired) electrons. The van der Waals surface area contributed by atoms with E-state index in [0.29, 0.717) is 5.82 Å². The Morgan fingerprint density at radius 3 is 2.92 bits per heavy atom. The van der Waals surface area contributed by atoms with Gasteiger partial charge in [0.15, 0.2) is 11.6 Å². The van der Waals surface area contributed by atoms with Gasteiger partial charge in [0.05, 0.1) is 11.2 Å². The van der Waals surface area contributed by atoms with E-state index in [9.17, 15) is 0 Å². The number of aromatic nitrogens is 3. The first-order valence-electron chi connectivity index (χ1n) is 8.57. The third kappa shape index (κ3) is 2.57. The lowest BCUT2D eigenvalue weighted by Gasteiger charge is -2.10. The monoisotopic (exact) mass is 342 g/mol. The molecular formula is C20H18N6. The minimum Gasteiger partial charge on any atom is -0.357 e. The smallest absolute Gasteiger partial charge is 0.162 e. The number of aromatic amines is 1. The average Bonchev–Trinajstić information content (AvgIpc) is 3.30. The number of benzene rings is 2. The van der Waals surface area contributed by atoms with E-state index in [4.69, 9.17) is 9.97 Å². The van der Waals surface area contributed by atoms with Gasteiger partial charge < -0.3 is 15.7 Å². The summed E-state index contributed by atoms with van der Waals surface area (Å²) >= 11 is 0. The first-order valence-corrected chi connectivity index (χ1v) is 8.57. The van der Waals surface area contributed by atoms with Gasteiger partial charge >= 0.3 is 0 Å². The summed E-state index contributed by atoms with van der Waals surface area (Å²) in [5, 5.41) is 3.45. The minimum atomic E-state index is 0.716. The molecule has 1 aliphatic heterocycles. The Morgan fingerprint density at radius 1 is 1.04 bits per heavy atom. The topological polar surface area (TPSA) is 77.7 Å². The maximum absolute atomic E-state index is 4.79. The summed E-state index contributed by atoms with van der Waals surface area (Å²) in [6.45, 7) is 2.88. The lowest BCUT2D eigenvalue weighted by Crippen LogP contribution is -2.10. The van der Waals surface area contributed by atoms with Crippen molar-refractivity contribution in [1.29, 1.82) is 0 Å². The molecule has 6 nitrogen and oxygen atoms in total. The highest BCUT2D eigenvalue weighted by Gasteiger charge is 2.13. The molecule has 0 aliphatic carbocycles. The van der Waals surface area contributed by atoms with E-state index in [1.165, 1.54) is 11.1 Å². The van der Waals surface area contributed by atoms with Gasteiger partial charge in [0.25, 0.3) is 0 Å². The lowest BCUT2D eigenvalue weighted by atomic mass is 10.1. The lowest BCUT2D eigenvalue weighted by molar-refractivity contribution is 0.860. The standard InChI is InChI=1S/C20H18N6/c1-12-3-2-4-13(9-12)19-24-17-7-8-21-18(17)20(25-19)23-15-5-6-16-14(10-15)11-22-26-16/h2-10,21-22,26H,11H2,1H3,(H,23,24,25). The Labute approximate surface area is 150 Å². The first kappa shape index (κ1) is 14.9. The molecule has 0 unspecified atom stereocenters. The van der Waals surface area contributed by atoms with Crippen LogP contribution in [0.15, 0.2) is 54.7 Å². The molecule has 0 amide bonds. The first-order chi connectivity index (χ1) is 12.8. The number of nitrogens with one attached hydrogen (secondary N) is 4. The molecule has 0 spiro atoms. The van der Waals surface area contributed by atoms with Crippen LogP contribution >= 0.6 is 0 Å². The molecule has 128 valence electrons. The van der Waals surface area contributed by atoms with Crippen LogP contribution in [-0.2, 0) is 6.54 Å². The zero-order valence-corrected chi connectivity index (χ0v) is 14.3. The molecule has 26 heavy (non-hydrogen) atoms. The second-order valence-corrected chi connectivity index (χ2v) is 6.48. The fourth-order valence-corrected chi connectivity index (χ4v) is 3.26. The molecule has 3 heterocycles.